The molecule has 0 amide bonds. The topological polar surface area (TPSA) is 23.9 Å². The smallest absolute Gasteiger partial charge is 0.0647 e. The highest BCUT2D eigenvalue weighted by molar-refractivity contribution is 6.15. The Labute approximate surface area is 124 Å². The monoisotopic (exact) mass is 269 g/mol. The summed E-state index contributed by atoms with van der Waals surface area (Å²) in [7, 11) is 0. The molecule has 0 radical (unpaired) electrons. The van der Waals surface area contributed by atoms with E-state index in [4.69, 9.17) is 5.41 Å². The number of allylic oxidation sites excluding steroid dienone is 1. The number of nitrogens with one attached hydrogen (secondary N) is 1. The lowest BCUT2D eigenvalue weighted by molar-refractivity contribution is 1.25. The zero-order valence-corrected chi connectivity index (χ0v) is 11.6. The quantitative estimate of drug-likeness (QED) is 0.643. The van der Waals surface area contributed by atoms with E-state index in [-0.39, 0.29) is 0 Å². The lowest BCUT2D eigenvalue weighted by atomic mass is 9.98. The van der Waals surface area contributed by atoms with E-state index in [9.17, 15) is 0 Å². The van der Waals surface area contributed by atoms with Gasteiger partial charge in [-0.05, 0) is 39.6 Å². The fourth-order valence-corrected chi connectivity index (χ4v) is 2.97. The molecule has 0 bridgehead atoms. The summed E-state index contributed by atoms with van der Waals surface area (Å²) < 4.78 is 0. The Morgan fingerprint density at radius 2 is 1.57 bits per heavy atom. The lowest BCUT2D eigenvalue weighted by Crippen LogP contribution is -2.03. The third-order valence-electron chi connectivity index (χ3n) is 4.12. The van der Waals surface area contributed by atoms with E-state index in [1.807, 2.05) is 12.1 Å². The van der Waals surface area contributed by atoms with Crippen LogP contribution in [0.1, 0.15) is 16.7 Å². The van der Waals surface area contributed by atoms with Crippen LogP contribution in [-0.4, -0.2) is 5.71 Å². The van der Waals surface area contributed by atoms with E-state index in [1.165, 1.54) is 21.9 Å². The summed E-state index contributed by atoms with van der Waals surface area (Å²) in [5, 5.41) is 10.9. The Morgan fingerprint density at radius 1 is 0.810 bits per heavy atom. The Balaban J connectivity index is 1.72. The van der Waals surface area contributed by atoms with Gasteiger partial charge >= 0.3 is 0 Å². The Morgan fingerprint density at radius 3 is 2.43 bits per heavy atom. The molecule has 21 heavy (non-hydrogen) atoms. The molecule has 0 aromatic heterocycles. The van der Waals surface area contributed by atoms with Crippen molar-refractivity contribution in [1.82, 2.24) is 0 Å². The van der Waals surface area contributed by atoms with E-state index in [0.717, 1.165) is 17.6 Å². The van der Waals surface area contributed by atoms with Gasteiger partial charge in [-0.1, -0.05) is 60.7 Å². The van der Waals surface area contributed by atoms with Crippen LogP contribution in [0.4, 0.5) is 0 Å². The molecular weight excluding hydrogens is 254 g/mol. The van der Waals surface area contributed by atoms with Crippen LogP contribution in [0.15, 0.2) is 72.3 Å². The van der Waals surface area contributed by atoms with E-state index >= 15 is 0 Å². The average molecular weight is 269 g/mol. The van der Waals surface area contributed by atoms with Crippen molar-refractivity contribution in [2.24, 2.45) is 0 Å². The molecular formula is C20H15N. The van der Waals surface area contributed by atoms with Crippen molar-refractivity contribution in [3.8, 4) is 0 Å². The van der Waals surface area contributed by atoms with Gasteiger partial charge in [0.1, 0.15) is 0 Å². The number of rotatable bonds is 2. The first-order valence-corrected chi connectivity index (χ1v) is 7.18. The maximum atomic E-state index is 8.51. The summed E-state index contributed by atoms with van der Waals surface area (Å²) in [6, 6.07) is 22.9. The van der Waals surface area contributed by atoms with Gasteiger partial charge in [0, 0.05) is 12.0 Å². The van der Waals surface area contributed by atoms with Crippen LogP contribution < -0.4 is 0 Å². The van der Waals surface area contributed by atoms with E-state index in [2.05, 4.69) is 60.7 Å². The molecule has 3 aromatic rings. The molecule has 1 heteroatoms. The van der Waals surface area contributed by atoms with Crippen LogP contribution in [0.2, 0.25) is 0 Å². The predicted molar refractivity (Wildman–Crippen MR) is 88.9 cm³/mol. The standard InChI is InChI=1S/C20H15N/c21-20(19-12-16-7-3-4-8-17(16)13-19)18-10-9-14-5-1-2-6-15(14)11-18/h1-12,21H,13H2. The number of hydrogen-bond acceptors (Lipinski definition) is 1. The largest absolute Gasteiger partial charge is 0.300 e. The van der Waals surface area contributed by atoms with Crippen molar-refractivity contribution in [3.05, 3.63) is 89.0 Å². The molecule has 0 fully saturated rings. The van der Waals surface area contributed by atoms with Gasteiger partial charge in [0.05, 0.1) is 5.71 Å². The molecule has 3 aromatic carbocycles. The van der Waals surface area contributed by atoms with Gasteiger partial charge in [0.25, 0.3) is 0 Å². The minimum Gasteiger partial charge on any atom is -0.300 e. The second-order valence-electron chi connectivity index (χ2n) is 5.48. The van der Waals surface area contributed by atoms with Crippen LogP contribution in [-0.2, 0) is 6.42 Å². The van der Waals surface area contributed by atoms with Gasteiger partial charge < -0.3 is 0 Å². The van der Waals surface area contributed by atoms with Gasteiger partial charge in [-0.3, -0.25) is 5.41 Å². The van der Waals surface area contributed by atoms with E-state index < -0.39 is 0 Å². The van der Waals surface area contributed by atoms with Crippen LogP contribution in [0, 0.1) is 5.41 Å². The zero-order valence-electron chi connectivity index (χ0n) is 11.6. The Bertz CT molecular complexity index is 887. The van der Waals surface area contributed by atoms with Crippen molar-refractivity contribution in [2.45, 2.75) is 6.42 Å². The average Bonchev–Trinajstić information content (AvgIpc) is 2.97. The Hall–Kier alpha value is -2.67. The molecule has 0 saturated heterocycles. The number of benzene rings is 3. The first kappa shape index (κ1) is 12.1. The molecule has 0 saturated carbocycles. The molecule has 0 atom stereocenters. The van der Waals surface area contributed by atoms with Gasteiger partial charge in [-0.25, -0.2) is 0 Å². The third-order valence-corrected chi connectivity index (χ3v) is 4.12. The second-order valence-corrected chi connectivity index (χ2v) is 5.48. The normalized spacial score (nSPS) is 13.0. The molecule has 0 aliphatic heterocycles. The van der Waals surface area contributed by atoms with Gasteiger partial charge in [0.15, 0.2) is 0 Å². The lowest BCUT2D eigenvalue weighted by Gasteiger charge is -2.07. The molecule has 0 spiro atoms. The SMILES string of the molecule is N=C(C1=Cc2ccccc2C1)c1ccc2ccccc2c1. The maximum absolute atomic E-state index is 8.51. The molecule has 1 N–H and O–H groups in total. The van der Waals surface area contributed by atoms with Gasteiger partial charge in [-0.15, -0.1) is 0 Å². The highest BCUT2D eigenvalue weighted by Crippen LogP contribution is 2.27. The van der Waals surface area contributed by atoms with Crippen molar-refractivity contribution >= 4 is 22.6 Å². The zero-order chi connectivity index (χ0) is 14.2. The van der Waals surface area contributed by atoms with Crippen molar-refractivity contribution in [2.75, 3.05) is 0 Å². The molecule has 4 rings (SSSR count). The van der Waals surface area contributed by atoms with E-state index in [0.29, 0.717) is 5.71 Å². The van der Waals surface area contributed by atoms with E-state index in [1.54, 1.807) is 0 Å². The number of fused-ring (bicyclic) bond motifs is 2. The highest BCUT2D eigenvalue weighted by Gasteiger charge is 2.16. The van der Waals surface area contributed by atoms with Crippen LogP contribution in [0.25, 0.3) is 16.8 Å². The summed E-state index contributed by atoms with van der Waals surface area (Å²) in [6.45, 7) is 0. The summed E-state index contributed by atoms with van der Waals surface area (Å²) in [5.41, 5.74) is 5.30. The summed E-state index contributed by atoms with van der Waals surface area (Å²) in [5.74, 6) is 0. The first-order valence-electron chi connectivity index (χ1n) is 7.18. The molecule has 100 valence electrons. The number of hydrogen-bond donors (Lipinski definition) is 1. The van der Waals surface area contributed by atoms with Gasteiger partial charge in [-0.2, -0.15) is 0 Å². The van der Waals surface area contributed by atoms with Crippen molar-refractivity contribution in [1.29, 1.82) is 5.41 Å². The van der Waals surface area contributed by atoms with Crippen LogP contribution >= 0.6 is 0 Å². The van der Waals surface area contributed by atoms with Gasteiger partial charge in [0.2, 0.25) is 0 Å². The fraction of sp³-hybridized carbons (Fsp3) is 0.0500. The summed E-state index contributed by atoms with van der Waals surface area (Å²) in [4.78, 5) is 0. The molecule has 1 aliphatic carbocycles. The minimum absolute atomic E-state index is 0.636. The molecule has 1 aliphatic rings. The van der Waals surface area contributed by atoms with Crippen LogP contribution in [0.5, 0.6) is 0 Å². The minimum atomic E-state index is 0.636. The highest BCUT2D eigenvalue weighted by atomic mass is 14.4. The second kappa shape index (κ2) is 4.71. The Kier molecular flexibility index (Phi) is 2.71. The van der Waals surface area contributed by atoms with Crippen molar-refractivity contribution < 1.29 is 0 Å². The third kappa shape index (κ3) is 2.07. The molecule has 0 unspecified atom stereocenters. The predicted octanol–water partition coefficient (Wildman–Crippen LogP) is 4.85. The maximum Gasteiger partial charge on any atom is 0.0647 e. The van der Waals surface area contributed by atoms with Crippen LogP contribution in [0.3, 0.4) is 0 Å². The van der Waals surface area contributed by atoms with Crippen molar-refractivity contribution in [3.63, 3.8) is 0 Å². The fourth-order valence-electron chi connectivity index (χ4n) is 2.97. The summed E-state index contributed by atoms with van der Waals surface area (Å²) in [6.07, 6.45) is 3.01. The molecule has 1 nitrogen and oxygen atoms in total. The first-order chi connectivity index (χ1) is 10.3. The summed E-state index contributed by atoms with van der Waals surface area (Å²) >= 11 is 0. The molecule has 0 heterocycles.